The molecule has 0 aromatic heterocycles. The van der Waals surface area contributed by atoms with Gasteiger partial charge in [0.25, 0.3) is 0 Å². The molecule has 0 bridgehead atoms. The van der Waals surface area contributed by atoms with Gasteiger partial charge in [-0.25, -0.2) is 0 Å². The van der Waals surface area contributed by atoms with Crippen molar-refractivity contribution in [3.05, 3.63) is 0 Å². The third kappa shape index (κ3) is 4.75. The maximum absolute atomic E-state index is 11.4. The number of rotatable bonds is 5. The maximum Gasteiger partial charge on any atom is 0.309 e. The molecular weight excluding hydrogens is 246 g/mol. The van der Waals surface area contributed by atoms with Crippen LogP contribution in [0.4, 0.5) is 0 Å². The van der Waals surface area contributed by atoms with Gasteiger partial charge in [0.2, 0.25) is 0 Å². The molecule has 2 saturated heterocycles. The van der Waals surface area contributed by atoms with Gasteiger partial charge in [0, 0.05) is 19.2 Å². The van der Waals surface area contributed by atoms with Crippen molar-refractivity contribution in [3.63, 3.8) is 0 Å². The highest BCUT2D eigenvalue weighted by molar-refractivity contribution is 5.72. The van der Waals surface area contributed by atoms with Gasteiger partial charge < -0.3 is 19.5 Å². The van der Waals surface area contributed by atoms with Crippen LogP contribution in [0.1, 0.15) is 38.5 Å². The van der Waals surface area contributed by atoms with Crippen molar-refractivity contribution in [1.82, 2.24) is 5.32 Å². The normalized spacial score (nSPS) is 31.9. The third-order valence-electron chi connectivity index (χ3n) is 3.96. The zero-order valence-electron chi connectivity index (χ0n) is 11.7. The van der Waals surface area contributed by atoms with Crippen LogP contribution in [0.3, 0.4) is 0 Å². The number of piperidine rings is 1. The molecule has 2 aliphatic rings. The number of methoxy groups -OCH3 is 1. The first-order valence-corrected chi connectivity index (χ1v) is 7.34. The molecule has 0 aliphatic carbocycles. The first kappa shape index (κ1) is 14.8. The number of hydrogen-bond acceptors (Lipinski definition) is 5. The van der Waals surface area contributed by atoms with Crippen LogP contribution in [0.2, 0.25) is 0 Å². The molecule has 0 amide bonds. The summed E-state index contributed by atoms with van der Waals surface area (Å²) < 4.78 is 16.0. The van der Waals surface area contributed by atoms with Crippen LogP contribution in [-0.2, 0) is 19.0 Å². The van der Waals surface area contributed by atoms with E-state index in [4.69, 9.17) is 14.2 Å². The van der Waals surface area contributed by atoms with Crippen molar-refractivity contribution in [2.45, 2.75) is 50.9 Å². The summed E-state index contributed by atoms with van der Waals surface area (Å²) in [5, 5.41) is 3.40. The molecule has 2 aliphatic heterocycles. The lowest BCUT2D eigenvalue weighted by Gasteiger charge is -2.29. The van der Waals surface area contributed by atoms with Gasteiger partial charge in [0.1, 0.15) is 0 Å². The number of carbonyl (C=O) groups is 1. The summed E-state index contributed by atoms with van der Waals surface area (Å²) in [5.74, 6) is -0.0818. The minimum atomic E-state index is -0.0993. The van der Waals surface area contributed by atoms with Gasteiger partial charge >= 0.3 is 5.97 Å². The van der Waals surface area contributed by atoms with E-state index in [2.05, 4.69) is 5.32 Å². The van der Waals surface area contributed by atoms with Crippen LogP contribution < -0.4 is 5.32 Å². The standard InChI is InChI=1S/C14H25NO4/c1-17-14(16)11-5-6-12(15-10-11)7-9-19-13-4-2-3-8-18-13/h11-13,15H,2-10H2,1H3. The second-order valence-electron chi connectivity index (χ2n) is 5.36. The predicted molar refractivity (Wildman–Crippen MR) is 70.7 cm³/mol. The Morgan fingerprint density at radius 3 is 2.84 bits per heavy atom. The smallest absolute Gasteiger partial charge is 0.309 e. The lowest BCUT2D eigenvalue weighted by atomic mass is 9.93. The van der Waals surface area contributed by atoms with E-state index in [1.807, 2.05) is 0 Å². The Labute approximate surface area is 115 Å². The molecule has 0 spiro atoms. The average Bonchev–Trinajstić information content (AvgIpc) is 2.48. The molecule has 0 aromatic rings. The topological polar surface area (TPSA) is 56.8 Å². The summed E-state index contributed by atoms with van der Waals surface area (Å²) in [6.07, 6.45) is 6.27. The fraction of sp³-hybridized carbons (Fsp3) is 0.929. The maximum atomic E-state index is 11.4. The highest BCUT2D eigenvalue weighted by Crippen LogP contribution is 2.19. The summed E-state index contributed by atoms with van der Waals surface area (Å²) in [6, 6.07) is 0.449. The summed E-state index contributed by atoms with van der Waals surface area (Å²) in [4.78, 5) is 11.4. The fourth-order valence-corrected chi connectivity index (χ4v) is 2.71. The molecule has 0 saturated carbocycles. The van der Waals surface area contributed by atoms with E-state index >= 15 is 0 Å². The van der Waals surface area contributed by atoms with Crippen molar-refractivity contribution in [2.75, 3.05) is 26.9 Å². The summed E-state index contributed by atoms with van der Waals surface area (Å²) in [7, 11) is 1.45. The van der Waals surface area contributed by atoms with Crippen LogP contribution in [0.5, 0.6) is 0 Å². The largest absolute Gasteiger partial charge is 0.469 e. The van der Waals surface area contributed by atoms with Crippen molar-refractivity contribution in [1.29, 1.82) is 0 Å². The van der Waals surface area contributed by atoms with Crippen molar-refractivity contribution >= 4 is 5.97 Å². The molecule has 2 rings (SSSR count). The van der Waals surface area contributed by atoms with E-state index in [9.17, 15) is 4.79 Å². The van der Waals surface area contributed by atoms with Crippen LogP contribution in [0, 0.1) is 5.92 Å². The van der Waals surface area contributed by atoms with E-state index in [1.165, 1.54) is 13.5 Å². The summed E-state index contributed by atoms with van der Waals surface area (Å²) >= 11 is 0. The van der Waals surface area contributed by atoms with Gasteiger partial charge in [-0.1, -0.05) is 0 Å². The first-order chi connectivity index (χ1) is 9.29. The monoisotopic (exact) mass is 271 g/mol. The van der Waals surface area contributed by atoms with Gasteiger partial charge in [-0.3, -0.25) is 4.79 Å². The second kappa shape index (κ2) is 7.82. The average molecular weight is 271 g/mol. The van der Waals surface area contributed by atoms with Gasteiger partial charge in [-0.2, -0.15) is 0 Å². The molecule has 19 heavy (non-hydrogen) atoms. The Bertz CT molecular complexity index is 271. The Morgan fingerprint density at radius 2 is 2.21 bits per heavy atom. The van der Waals surface area contributed by atoms with Crippen LogP contribution in [0.15, 0.2) is 0 Å². The molecule has 5 heteroatoms. The molecule has 110 valence electrons. The Morgan fingerprint density at radius 1 is 1.32 bits per heavy atom. The second-order valence-corrected chi connectivity index (χ2v) is 5.36. The van der Waals surface area contributed by atoms with Crippen molar-refractivity contribution < 1.29 is 19.0 Å². The molecule has 2 heterocycles. The molecule has 3 atom stereocenters. The summed E-state index contributed by atoms with van der Waals surface area (Å²) in [6.45, 7) is 2.27. The fourth-order valence-electron chi connectivity index (χ4n) is 2.71. The van der Waals surface area contributed by atoms with Crippen LogP contribution in [0.25, 0.3) is 0 Å². The van der Waals surface area contributed by atoms with Gasteiger partial charge in [-0.15, -0.1) is 0 Å². The predicted octanol–water partition coefficient (Wildman–Crippen LogP) is 1.46. The molecule has 1 N–H and O–H groups in total. The zero-order chi connectivity index (χ0) is 13.5. The number of carbonyl (C=O) groups excluding carboxylic acids is 1. The lowest BCUT2D eigenvalue weighted by Crippen LogP contribution is -2.42. The molecule has 0 radical (unpaired) electrons. The van der Waals surface area contributed by atoms with Crippen molar-refractivity contribution in [2.24, 2.45) is 5.92 Å². The first-order valence-electron chi connectivity index (χ1n) is 7.34. The van der Waals surface area contributed by atoms with E-state index in [-0.39, 0.29) is 18.2 Å². The molecule has 0 aromatic carbocycles. The Balaban J connectivity index is 1.56. The minimum Gasteiger partial charge on any atom is -0.469 e. The van der Waals surface area contributed by atoms with Gasteiger partial charge in [0.05, 0.1) is 19.6 Å². The van der Waals surface area contributed by atoms with E-state index in [0.29, 0.717) is 6.04 Å². The van der Waals surface area contributed by atoms with Crippen LogP contribution in [-0.4, -0.2) is 45.2 Å². The quantitative estimate of drug-likeness (QED) is 0.767. The number of hydrogen-bond donors (Lipinski definition) is 1. The molecule has 2 fully saturated rings. The molecular formula is C14H25NO4. The van der Waals surface area contributed by atoms with Crippen molar-refractivity contribution in [3.8, 4) is 0 Å². The Hall–Kier alpha value is -0.650. The van der Waals surface area contributed by atoms with Crippen LogP contribution >= 0.6 is 0 Å². The molecule has 3 unspecified atom stereocenters. The Kier molecular flexibility index (Phi) is 6.07. The van der Waals surface area contributed by atoms with Gasteiger partial charge in [-0.05, 0) is 38.5 Å². The molecule has 5 nitrogen and oxygen atoms in total. The van der Waals surface area contributed by atoms with Gasteiger partial charge in [0.15, 0.2) is 6.29 Å². The number of nitrogens with one attached hydrogen (secondary N) is 1. The number of esters is 1. The minimum absolute atomic E-state index is 0.000146. The summed E-state index contributed by atoms with van der Waals surface area (Å²) in [5.41, 5.74) is 0. The third-order valence-corrected chi connectivity index (χ3v) is 3.96. The zero-order valence-corrected chi connectivity index (χ0v) is 11.7. The van der Waals surface area contributed by atoms with E-state index in [1.54, 1.807) is 0 Å². The SMILES string of the molecule is COC(=O)C1CCC(CCOC2CCCCO2)NC1. The highest BCUT2D eigenvalue weighted by atomic mass is 16.7. The lowest BCUT2D eigenvalue weighted by molar-refractivity contribution is -0.163. The number of ether oxygens (including phenoxy) is 3. The highest BCUT2D eigenvalue weighted by Gasteiger charge is 2.26. The van der Waals surface area contributed by atoms with E-state index < -0.39 is 0 Å². The van der Waals surface area contributed by atoms with E-state index in [0.717, 1.165) is 51.9 Å².